The number of H-pyrrole nitrogens is 1. The molecule has 0 radical (unpaired) electrons. The summed E-state index contributed by atoms with van der Waals surface area (Å²) in [5.74, 6) is 1.75. The summed E-state index contributed by atoms with van der Waals surface area (Å²) in [5.41, 5.74) is 10.1. The topological polar surface area (TPSA) is 99.9 Å². The smallest absolute Gasteiger partial charge is 0.183 e. The molecule has 3 N–H and O–H groups in total. The Morgan fingerprint density at radius 2 is 2.07 bits per heavy atom. The lowest BCUT2D eigenvalue weighted by Gasteiger charge is -2.41. The van der Waals surface area contributed by atoms with Gasteiger partial charge in [-0.1, -0.05) is 6.92 Å². The van der Waals surface area contributed by atoms with Gasteiger partial charge in [-0.2, -0.15) is 5.10 Å². The molecular formula is C21H28N8. The summed E-state index contributed by atoms with van der Waals surface area (Å²) >= 11 is 0. The number of anilines is 3. The zero-order valence-electron chi connectivity index (χ0n) is 16.9. The third kappa shape index (κ3) is 3.11. The summed E-state index contributed by atoms with van der Waals surface area (Å²) in [4.78, 5) is 18.6. The van der Waals surface area contributed by atoms with E-state index in [1.165, 1.54) is 0 Å². The third-order valence-electron chi connectivity index (χ3n) is 6.78. The van der Waals surface area contributed by atoms with Gasteiger partial charge in [0, 0.05) is 25.8 Å². The molecule has 0 spiro atoms. The van der Waals surface area contributed by atoms with Gasteiger partial charge in [-0.25, -0.2) is 9.97 Å². The van der Waals surface area contributed by atoms with Gasteiger partial charge in [-0.05, 0) is 56.2 Å². The Balaban J connectivity index is 1.42. The molecular weight excluding hydrogens is 364 g/mol. The number of piperidine rings is 1. The number of pyridine rings is 1. The molecule has 8 heteroatoms. The number of aromatic amines is 1. The van der Waals surface area contributed by atoms with Crippen LogP contribution in [0.2, 0.25) is 0 Å². The molecule has 0 aromatic carbocycles. The van der Waals surface area contributed by atoms with E-state index in [2.05, 4.69) is 38.0 Å². The Morgan fingerprint density at radius 1 is 1.21 bits per heavy atom. The predicted octanol–water partition coefficient (Wildman–Crippen LogP) is 2.79. The minimum atomic E-state index is 0.283. The monoisotopic (exact) mass is 392 g/mol. The highest BCUT2D eigenvalue weighted by Crippen LogP contribution is 2.36. The van der Waals surface area contributed by atoms with Crippen molar-refractivity contribution < 1.29 is 0 Å². The maximum Gasteiger partial charge on any atom is 0.183 e. The van der Waals surface area contributed by atoms with E-state index in [1.807, 2.05) is 18.5 Å². The molecule has 0 saturated carbocycles. The van der Waals surface area contributed by atoms with Crippen molar-refractivity contribution in [1.29, 1.82) is 0 Å². The number of hydrogen-bond acceptors (Lipinski definition) is 7. The summed E-state index contributed by atoms with van der Waals surface area (Å²) < 4.78 is 0. The predicted molar refractivity (Wildman–Crippen MR) is 114 cm³/mol. The Hall–Kier alpha value is -2.74. The van der Waals surface area contributed by atoms with Gasteiger partial charge in [0.25, 0.3) is 0 Å². The van der Waals surface area contributed by atoms with Crippen LogP contribution in [0.5, 0.6) is 0 Å². The first-order valence-electron chi connectivity index (χ1n) is 10.6. The minimum Gasteiger partial charge on any atom is -0.355 e. The van der Waals surface area contributed by atoms with Crippen molar-refractivity contribution in [2.45, 2.75) is 39.0 Å². The van der Waals surface area contributed by atoms with Gasteiger partial charge in [0.2, 0.25) is 0 Å². The lowest BCUT2D eigenvalue weighted by atomic mass is 9.76. The van der Waals surface area contributed by atoms with E-state index < -0.39 is 0 Å². The van der Waals surface area contributed by atoms with E-state index in [0.717, 1.165) is 92.5 Å². The van der Waals surface area contributed by atoms with Crippen LogP contribution in [0.25, 0.3) is 11.2 Å². The first-order valence-corrected chi connectivity index (χ1v) is 10.6. The third-order valence-corrected chi connectivity index (χ3v) is 6.78. The number of nitrogens with zero attached hydrogens (tertiary/aromatic N) is 6. The summed E-state index contributed by atoms with van der Waals surface area (Å²) in [6.45, 7) is 5.86. The Morgan fingerprint density at radius 3 is 2.86 bits per heavy atom. The van der Waals surface area contributed by atoms with E-state index in [9.17, 15) is 0 Å². The van der Waals surface area contributed by atoms with Gasteiger partial charge < -0.3 is 15.5 Å². The standard InChI is InChI=1S/C21H28N8/c1-2-21(14-22)7-11-28(12-8-21)17-13-24-18-19(25-17)26-27-20(18)29-10-4-5-15-16(29)6-3-9-23-15/h3,6,9,13H,2,4-5,7-8,10-12,14,22H2,1H3,(H,25,26,27). The van der Waals surface area contributed by atoms with E-state index >= 15 is 0 Å². The zero-order valence-corrected chi connectivity index (χ0v) is 16.9. The van der Waals surface area contributed by atoms with Gasteiger partial charge in [-0.15, -0.1) is 0 Å². The molecule has 2 aliphatic heterocycles. The molecule has 152 valence electrons. The Labute approximate surface area is 170 Å². The molecule has 0 bridgehead atoms. The SMILES string of the molecule is CCC1(CN)CCN(c2cnc3c(N4CCCc5ncccc54)n[nH]c3n2)CC1. The lowest BCUT2D eigenvalue weighted by molar-refractivity contribution is 0.218. The minimum absolute atomic E-state index is 0.283. The molecule has 8 nitrogen and oxygen atoms in total. The normalized spacial score (nSPS) is 18.8. The summed E-state index contributed by atoms with van der Waals surface area (Å²) in [5, 5.41) is 7.67. The number of fused-ring (bicyclic) bond motifs is 2. The molecule has 29 heavy (non-hydrogen) atoms. The van der Waals surface area contributed by atoms with Crippen LogP contribution in [0.15, 0.2) is 24.5 Å². The first-order chi connectivity index (χ1) is 14.2. The van der Waals surface area contributed by atoms with Gasteiger partial charge in [0.15, 0.2) is 17.0 Å². The summed E-state index contributed by atoms with van der Waals surface area (Å²) in [7, 11) is 0. The molecule has 0 amide bonds. The molecule has 0 unspecified atom stereocenters. The molecule has 5 heterocycles. The quantitative estimate of drug-likeness (QED) is 0.704. The van der Waals surface area contributed by atoms with Crippen LogP contribution in [0, 0.1) is 5.41 Å². The van der Waals surface area contributed by atoms with Crippen molar-refractivity contribution in [3.8, 4) is 0 Å². The average Bonchev–Trinajstić information content (AvgIpc) is 3.22. The van der Waals surface area contributed by atoms with E-state index in [4.69, 9.17) is 15.7 Å². The molecule has 5 rings (SSSR count). The van der Waals surface area contributed by atoms with Crippen LogP contribution in [0.1, 0.15) is 38.3 Å². The van der Waals surface area contributed by atoms with E-state index in [1.54, 1.807) is 0 Å². The summed E-state index contributed by atoms with van der Waals surface area (Å²) in [6.07, 6.45) is 9.14. The van der Waals surface area contributed by atoms with E-state index in [0.29, 0.717) is 0 Å². The number of nitrogens with two attached hydrogens (primary N) is 1. The second-order valence-corrected chi connectivity index (χ2v) is 8.24. The second kappa shape index (κ2) is 7.26. The number of rotatable bonds is 4. The first kappa shape index (κ1) is 18.3. The van der Waals surface area contributed by atoms with Crippen LogP contribution in [-0.2, 0) is 6.42 Å². The van der Waals surface area contributed by atoms with Crippen molar-refractivity contribution in [2.24, 2.45) is 11.1 Å². The maximum atomic E-state index is 6.05. The van der Waals surface area contributed by atoms with Crippen molar-refractivity contribution in [2.75, 3.05) is 36.0 Å². The van der Waals surface area contributed by atoms with E-state index in [-0.39, 0.29) is 5.41 Å². The van der Waals surface area contributed by atoms with Crippen molar-refractivity contribution in [3.05, 3.63) is 30.2 Å². The van der Waals surface area contributed by atoms with Crippen LogP contribution < -0.4 is 15.5 Å². The highest BCUT2D eigenvalue weighted by molar-refractivity contribution is 5.87. The van der Waals surface area contributed by atoms with Gasteiger partial charge in [0.1, 0.15) is 5.82 Å². The van der Waals surface area contributed by atoms with Gasteiger partial charge in [-0.3, -0.25) is 10.1 Å². The highest BCUT2D eigenvalue weighted by Gasteiger charge is 2.32. The number of aryl methyl sites for hydroxylation is 1. The fourth-order valence-electron chi connectivity index (χ4n) is 4.65. The van der Waals surface area contributed by atoms with Crippen molar-refractivity contribution >= 4 is 28.5 Å². The van der Waals surface area contributed by atoms with Gasteiger partial charge >= 0.3 is 0 Å². The Kier molecular flexibility index (Phi) is 4.58. The molecule has 2 aliphatic rings. The molecule has 1 saturated heterocycles. The Bertz CT molecular complexity index is 999. The number of nitrogens with one attached hydrogen (secondary N) is 1. The largest absolute Gasteiger partial charge is 0.355 e. The fraction of sp³-hybridized carbons (Fsp3) is 0.524. The van der Waals surface area contributed by atoms with Crippen LogP contribution in [0.3, 0.4) is 0 Å². The lowest BCUT2D eigenvalue weighted by Crippen LogP contribution is -2.44. The van der Waals surface area contributed by atoms with Crippen LogP contribution in [-0.4, -0.2) is 51.3 Å². The number of aromatic nitrogens is 5. The molecule has 0 atom stereocenters. The highest BCUT2D eigenvalue weighted by atomic mass is 15.3. The molecule has 0 aliphatic carbocycles. The second-order valence-electron chi connectivity index (χ2n) is 8.24. The van der Waals surface area contributed by atoms with Crippen LogP contribution >= 0.6 is 0 Å². The maximum absolute atomic E-state index is 6.05. The van der Waals surface area contributed by atoms with Crippen LogP contribution in [0.4, 0.5) is 17.3 Å². The molecule has 3 aromatic heterocycles. The summed E-state index contributed by atoms with van der Waals surface area (Å²) in [6, 6.07) is 4.08. The van der Waals surface area contributed by atoms with Crippen molar-refractivity contribution in [3.63, 3.8) is 0 Å². The fourth-order valence-corrected chi connectivity index (χ4v) is 4.65. The number of hydrogen-bond donors (Lipinski definition) is 2. The zero-order chi connectivity index (χ0) is 19.8. The molecule has 1 fully saturated rings. The average molecular weight is 393 g/mol. The molecule has 3 aromatic rings. The van der Waals surface area contributed by atoms with Gasteiger partial charge in [0.05, 0.1) is 17.6 Å². The van der Waals surface area contributed by atoms with Crippen molar-refractivity contribution in [1.82, 2.24) is 25.1 Å².